The van der Waals surface area contributed by atoms with E-state index in [9.17, 15) is 9.59 Å². The molecule has 0 saturated carbocycles. The second kappa shape index (κ2) is 4.78. The van der Waals surface area contributed by atoms with E-state index in [2.05, 4.69) is 5.32 Å². The molecule has 1 aliphatic rings. The first-order valence-corrected chi connectivity index (χ1v) is 5.94. The first-order valence-electron chi connectivity index (χ1n) is 5.94. The molecule has 2 atom stereocenters. The molecule has 2 unspecified atom stereocenters. The lowest BCUT2D eigenvalue weighted by Gasteiger charge is -2.19. The first kappa shape index (κ1) is 12.6. The highest BCUT2D eigenvalue weighted by Gasteiger charge is 2.26. The lowest BCUT2D eigenvalue weighted by atomic mass is 9.90. The summed E-state index contributed by atoms with van der Waals surface area (Å²) in [6, 6.07) is 4.84. The zero-order chi connectivity index (χ0) is 13.3. The number of fused-ring (bicyclic) bond motifs is 1. The molecule has 1 heterocycles. The molecule has 0 aromatic heterocycles. The van der Waals surface area contributed by atoms with E-state index in [0.29, 0.717) is 12.8 Å². The highest BCUT2D eigenvalue weighted by molar-refractivity contribution is 5.99. The number of carboxylic acid groups (broad SMARTS) is 1. The van der Waals surface area contributed by atoms with E-state index in [1.165, 1.54) is 0 Å². The number of amides is 1. The van der Waals surface area contributed by atoms with Gasteiger partial charge >= 0.3 is 5.97 Å². The number of benzene rings is 1. The number of anilines is 1. The van der Waals surface area contributed by atoms with Crippen LogP contribution in [0.2, 0.25) is 0 Å². The fourth-order valence-electron chi connectivity index (χ4n) is 2.27. The molecule has 0 aliphatic carbocycles. The van der Waals surface area contributed by atoms with E-state index in [4.69, 9.17) is 10.8 Å². The Morgan fingerprint density at radius 2 is 2.28 bits per heavy atom. The molecule has 5 nitrogen and oxygen atoms in total. The third-order valence-electron chi connectivity index (χ3n) is 3.33. The highest BCUT2D eigenvalue weighted by Crippen LogP contribution is 2.29. The van der Waals surface area contributed by atoms with Crippen molar-refractivity contribution in [2.75, 3.05) is 5.32 Å². The Bertz CT molecular complexity index is 499. The Morgan fingerprint density at radius 1 is 1.56 bits per heavy atom. The van der Waals surface area contributed by atoms with Crippen LogP contribution in [0.3, 0.4) is 0 Å². The maximum Gasteiger partial charge on any atom is 0.308 e. The van der Waals surface area contributed by atoms with E-state index in [1.807, 2.05) is 6.07 Å². The predicted octanol–water partition coefficient (Wildman–Crippen LogP) is 1.29. The van der Waals surface area contributed by atoms with Gasteiger partial charge in [0.05, 0.1) is 12.3 Å². The van der Waals surface area contributed by atoms with Crippen molar-refractivity contribution in [3.05, 3.63) is 29.3 Å². The van der Waals surface area contributed by atoms with Crippen LogP contribution in [-0.2, 0) is 16.0 Å². The average molecular weight is 248 g/mol. The number of carbonyl (C=O) groups is 2. The summed E-state index contributed by atoms with van der Waals surface area (Å²) in [4.78, 5) is 22.3. The quantitative estimate of drug-likeness (QED) is 0.748. The number of hydrogen-bond donors (Lipinski definition) is 3. The van der Waals surface area contributed by atoms with Crippen LogP contribution in [0, 0.1) is 5.92 Å². The van der Waals surface area contributed by atoms with Gasteiger partial charge in [-0.1, -0.05) is 19.1 Å². The molecule has 4 N–H and O–H groups in total. The molecule has 18 heavy (non-hydrogen) atoms. The molecule has 1 aromatic rings. The van der Waals surface area contributed by atoms with Crippen molar-refractivity contribution in [3.8, 4) is 0 Å². The van der Waals surface area contributed by atoms with Crippen LogP contribution in [0.4, 0.5) is 5.69 Å². The number of aliphatic carboxylic acids is 1. The van der Waals surface area contributed by atoms with Gasteiger partial charge in [0.15, 0.2) is 0 Å². The molecule has 1 aromatic carbocycles. The molecule has 5 heteroatoms. The van der Waals surface area contributed by atoms with Gasteiger partial charge in [-0.05, 0) is 23.6 Å². The Morgan fingerprint density at radius 3 is 2.89 bits per heavy atom. The Kier molecular flexibility index (Phi) is 3.34. The minimum absolute atomic E-state index is 0.0407. The van der Waals surface area contributed by atoms with E-state index in [1.54, 1.807) is 19.1 Å². The molecule has 0 fully saturated rings. The Labute approximate surface area is 105 Å². The lowest BCUT2D eigenvalue weighted by molar-refractivity contribution is -0.142. The Hall–Kier alpha value is -1.88. The van der Waals surface area contributed by atoms with E-state index in [-0.39, 0.29) is 5.91 Å². The lowest BCUT2D eigenvalue weighted by Crippen LogP contribution is -2.27. The maximum atomic E-state index is 11.2. The average Bonchev–Trinajstić information content (AvgIpc) is 2.68. The van der Waals surface area contributed by atoms with Crippen molar-refractivity contribution in [2.24, 2.45) is 11.7 Å². The molecule has 1 aliphatic heterocycles. The summed E-state index contributed by atoms with van der Waals surface area (Å²) in [6.45, 7) is 1.80. The molecular formula is C13H16N2O3. The number of nitrogens with two attached hydrogens (primary N) is 1. The zero-order valence-electron chi connectivity index (χ0n) is 10.1. The number of carbonyl (C=O) groups excluding carboxylic acids is 1. The summed E-state index contributed by atoms with van der Waals surface area (Å²) in [6.07, 6.45) is 0.810. The molecule has 1 amide bonds. The van der Waals surface area contributed by atoms with E-state index < -0.39 is 17.9 Å². The fraction of sp³-hybridized carbons (Fsp3) is 0.385. The van der Waals surface area contributed by atoms with Crippen LogP contribution in [0.25, 0.3) is 0 Å². The standard InChI is InChI=1S/C13H16N2O3/c1-2-9(13(17)18)12(14)7-3-4-10-8(5-7)6-11(16)15-10/h3-5,9,12H,2,6,14H2,1H3,(H,15,16)(H,17,18). The van der Waals surface area contributed by atoms with E-state index in [0.717, 1.165) is 16.8 Å². The second-order valence-corrected chi connectivity index (χ2v) is 4.52. The van der Waals surface area contributed by atoms with Gasteiger partial charge < -0.3 is 16.2 Å². The van der Waals surface area contributed by atoms with Crippen LogP contribution in [0.5, 0.6) is 0 Å². The normalized spacial score (nSPS) is 16.9. The Balaban J connectivity index is 2.27. The van der Waals surface area contributed by atoms with Gasteiger partial charge in [-0.3, -0.25) is 9.59 Å². The monoisotopic (exact) mass is 248 g/mol. The molecule has 0 radical (unpaired) electrons. The molecule has 0 saturated heterocycles. The van der Waals surface area contributed by atoms with Crippen LogP contribution in [0.1, 0.15) is 30.5 Å². The third kappa shape index (κ3) is 2.22. The highest BCUT2D eigenvalue weighted by atomic mass is 16.4. The second-order valence-electron chi connectivity index (χ2n) is 4.52. The van der Waals surface area contributed by atoms with Gasteiger partial charge in [0.2, 0.25) is 5.91 Å². The van der Waals surface area contributed by atoms with Crippen molar-refractivity contribution in [3.63, 3.8) is 0 Å². The molecule has 0 spiro atoms. The number of rotatable bonds is 4. The van der Waals surface area contributed by atoms with Gasteiger partial charge in [-0.15, -0.1) is 0 Å². The summed E-state index contributed by atoms with van der Waals surface area (Å²) >= 11 is 0. The number of nitrogens with one attached hydrogen (secondary N) is 1. The number of hydrogen-bond acceptors (Lipinski definition) is 3. The minimum atomic E-state index is -0.889. The van der Waals surface area contributed by atoms with Gasteiger partial charge in [0, 0.05) is 11.7 Å². The zero-order valence-corrected chi connectivity index (χ0v) is 10.1. The maximum absolute atomic E-state index is 11.2. The van der Waals surface area contributed by atoms with Crippen LogP contribution in [0.15, 0.2) is 18.2 Å². The van der Waals surface area contributed by atoms with Crippen molar-refractivity contribution in [1.82, 2.24) is 0 Å². The van der Waals surface area contributed by atoms with Gasteiger partial charge in [-0.2, -0.15) is 0 Å². The summed E-state index contributed by atoms with van der Waals surface area (Å²) in [5.74, 6) is -1.53. The summed E-state index contributed by atoms with van der Waals surface area (Å²) in [5, 5.41) is 11.8. The van der Waals surface area contributed by atoms with Crippen LogP contribution in [-0.4, -0.2) is 17.0 Å². The number of carboxylic acids is 1. The van der Waals surface area contributed by atoms with Crippen molar-refractivity contribution < 1.29 is 14.7 Å². The van der Waals surface area contributed by atoms with Crippen LogP contribution < -0.4 is 11.1 Å². The van der Waals surface area contributed by atoms with Crippen molar-refractivity contribution >= 4 is 17.6 Å². The molecule has 2 rings (SSSR count). The summed E-state index contributed by atoms with van der Waals surface area (Å²) in [5.41, 5.74) is 8.43. The SMILES string of the molecule is CCC(C(=O)O)C(N)c1ccc2c(c1)CC(=O)N2. The summed E-state index contributed by atoms with van der Waals surface area (Å²) < 4.78 is 0. The van der Waals surface area contributed by atoms with Gasteiger partial charge in [-0.25, -0.2) is 0 Å². The first-order chi connectivity index (χ1) is 8.52. The largest absolute Gasteiger partial charge is 0.481 e. The summed E-state index contributed by atoms with van der Waals surface area (Å²) in [7, 11) is 0. The van der Waals surface area contributed by atoms with Crippen LogP contribution >= 0.6 is 0 Å². The third-order valence-corrected chi connectivity index (χ3v) is 3.33. The fourth-order valence-corrected chi connectivity index (χ4v) is 2.27. The van der Waals surface area contributed by atoms with E-state index >= 15 is 0 Å². The molecule has 96 valence electrons. The smallest absolute Gasteiger partial charge is 0.308 e. The molecular weight excluding hydrogens is 232 g/mol. The van der Waals surface area contributed by atoms with Crippen molar-refractivity contribution in [2.45, 2.75) is 25.8 Å². The minimum Gasteiger partial charge on any atom is -0.481 e. The predicted molar refractivity (Wildman–Crippen MR) is 67.1 cm³/mol. The van der Waals surface area contributed by atoms with Crippen molar-refractivity contribution in [1.29, 1.82) is 0 Å². The molecule has 0 bridgehead atoms. The topological polar surface area (TPSA) is 92.4 Å². The van der Waals surface area contributed by atoms with Gasteiger partial charge in [0.25, 0.3) is 0 Å². The van der Waals surface area contributed by atoms with Gasteiger partial charge in [0.1, 0.15) is 0 Å².